The number of hydrogen-bond acceptors (Lipinski definition) is 8. The van der Waals surface area contributed by atoms with Crippen molar-refractivity contribution in [2.75, 3.05) is 17.7 Å². The summed E-state index contributed by atoms with van der Waals surface area (Å²) in [5.41, 5.74) is 5.35. The van der Waals surface area contributed by atoms with Gasteiger partial charge in [0, 0.05) is 13.2 Å². The van der Waals surface area contributed by atoms with E-state index in [4.69, 9.17) is 5.73 Å². The molecule has 0 spiro atoms. The zero-order valence-corrected chi connectivity index (χ0v) is 9.89. The van der Waals surface area contributed by atoms with Crippen LogP contribution in [0.25, 0.3) is 0 Å². The third-order valence-electron chi connectivity index (χ3n) is 2.40. The summed E-state index contributed by atoms with van der Waals surface area (Å²) in [5.74, 6) is -1.14. The maximum atomic E-state index is 11.0. The van der Waals surface area contributed by atoms with Gasteiger partial charge in [-0.1, -0.05) is 0 Å². The minimum atomic E-state index is -0.775. The van der Waals surface area contributed by atoms with Gasteiger partial charge in [0.2, 0.25) is 11.8 Å². The minimum absolute atomic E-state index is 0.108. The molecule has 0 aliphatic rings. The van der Waals surface area contributed by atoms with E-state index in [9.17, 15) is 15.2 Å². The third kappa shape index (κ3) is 2.34. The van der Waals surface area contributed by atoms with Crippen molar-refractivity contribution in [1.29, 1.82) is 0 Å². The SMILES string of the molecule is CN(c1cccnc1)c1nc(N)nc(O)c1[N+](=O)[O-]. The van der Waals surface area contributed by atoms with Gasteiger partial charge in [-0.15, -0.1) is 0 Å². The summed E-state index contributed by atoms with van der Waals surface area (Å²) < 4.78 is 0. The van der Waals surface area contributed by atoms with Crippen molar-refractivity contribution in [2.45, 2.75) is 0 Å². The van der Waals surface area contributed by atoms with Crippen LogP contribution in [0.5, 0.6) is 5.88 Å². The zero-order valence-electron chi connectivity index (χ0n) is 9.89. The van der Waals surface area contributed by atoms with Crippen LogP contribution in [-0.4, -0.2) is 32.0 Å². The van der Waals surface area contributed by atoms with Crippen LogP contribution in [-0.2, 0) is 0 Å². The molecule has 2 rings (SSSR count). The van der Waals surface area contributed by atoms with Gasteiger partial charge in [-0.05, 0) is 12.1 Å². The molecule has 2 heterocycles. The first-order valence-corrected chi connectivity index (χ1v) is 5.15. The van der Waals surface area contributed by atoms with Crippen molar-refractivity contribution in [2.24, 2.45) is 0 Å². The summed E-state index contributed by atoms with van der Waals surface area (Å²) in [4.78, 5) is 22.7. The molecule has 9 nitrogen and oxygen atoms in total. The van der Waals surface area contributed by atoms with Crippen molar-refractivity contribution in [3.8, 4) is 5.88 Å². The minimum Gasteiger partial charge on any atom is -0.488 e. The highest BCUT2D eigenvalue weighted by molar-refractivity contribution is 5.71. The fourth-order valence-corrected chi connectivity index (χ4v) is 1.52. The smallest absolute Gasteiger partial charge is 0.373 e. The molecule has 3 N–H and O–H groups in total. The van der Waals surface area contributed by atoms with Gasteiger partial charge >= 0.3 is 5.69 Å². The number of aromatic hydroxyl groups is 1. The van der Waals surface area contributed by atoms with Crippen molar-refractivity contribution in [1.82, 2.24) is 15.0 Å². The fourth-order valence-electron chi connectivity index (χ4n) is 1.52. The number of pyridine rings is 1. The number of aromatic nitrogens is 3. The van der Waals surface area contributed by atoms with Gasteiger partial charge in [0.1, 0.15) is 0 Å². The summed E-state index contributed by atoms with van der Waals surface area (Å²) in [6, 6.07) is 3.36. The first kappa shape index (κ1) is 12.5. The molecule has 9 heteroatoms. The topological polar surface area (TPSA) is 131 Å². The fraction of sp³-hybridized carbons (Fsp3) is 0.100. The molecular weight excluding hydrogens is 252 g/mol. The van der Waals surface area contributed by atoms with E-state index in [-0.39, 0.29) is 11.8 Å². The van der Waals surface area contributed by atoms with Crippen LogP contribution >= 0.6 is 0 Å². The lowest BCUT2D eigenvalue weighted by atomic mass is 10.3. The quantitative estimate of drug-likeness (QED) is 0.614. The molecule has 0 atom stereocenters. The number of nitrogens with zero attached hydrogens (tertiary/aromatic N) is 5. The Morgan fingerprint density at radius 1 is 1.47 bits per heavy atom. The first-order valence-electron chi connectivity index (χ1n) is 5.15. The monoisotopic (exact) mass is 262 g/mol. The molecular formula is C10H10N6O3. The second-order valence-corrected chi connectivity index (χ2v) is 3.60. The Bertz CT molecular complexity index is 618. The first-order chi connectivity index (χ1) is 9.00. The molecule has 0 bridgehead atoms. The Balaban J connectivity index is 2.58. The van der Waals surface area contributed by atoms with Crippen molar-refractivity contribution in [3.05, 3.63) is 34.6 Å². The number of nitrogen functional groups attached to an aromatic ring is 1. The van der Waals surface area contributed by atoms with Crippen LogP contribution in [0.15, 0.2) is 24.5 Å². The molecule has 0 unspecified atom stereocenters. The van der Waals surface area contributed by atoms with Gasteiger partial charge in [-0.25, -0.2) is 0 Å². The summed E-state index contributed by atoms with van der Waals surface area (Å²) >= 11 is 0. The van der Waals surface area contributed by atoms with Crippen LogP contribution in [0.3, 0.4) is 0 Å². The van der Waals surface area contributed by atoms with E-state index < -0.39 is 16.5 Å². The summed E-state index contributed by atoms with van der Waals surface area (Å²) in [7, 11) is 1.55. The number of rotatable bonds is 3. The van der Waals surface area contributed by atoms with Crippen LogP contribution in [0, 0.1) is 10.1 Å². The summed E-state index contributed by atoms with van der Waals surface area (Å²) in [6.45, 7) is 0. The molecule has 2 aromatic rings. The lowest BCUT2D eigenvalue weighted by molar-refractivity contribution is -0.385. The second-order valence-electron chi connectivity index (χ2n) is 3.60. The molecule has 98 valence electrons. The van der Waals surface area contributed by atoms with Crippen molar-refractivity contribution in [3.63, 3.8) is 0 Å². The van der Waals surface area contributed by atoms with Gasteiger partial charge in [-0.2, -0.15) is 9.97 Å². The highest BCUT2D eigenvalue weighted by atomic mass is 16.6. The summed E-state index contributed by atoms with van der Waals surface area (Å²) in [6.07, 6.45) is 3.07. The highest BCUT2D eigenvalue weighted by Crippen LogP contribution is 2.36. The van der Waals surface area contributed by atoms with E-state index in [0.717, 1.165) is 0 Å². The Kier molecular flexibility index (Phi) is 3.10. The molecule has 0 aliphatic heterocycles. The molecule has 0 aromatic carbocycles. The Labute approximate surface area is 107 Å². The maximum Gasteiger partial charge on any atom is 0.373 e. The predicted octanol–water partition coefficient (Wildman–Crippen LogP) is 0.835. The van der Waals surface area contributed by atoms with Gasteiger partial charge in [0.25, 0.3) is 5.88 Å². The third-order valence-corrected chi connectivity index (χ3v) is 2.40. The van der Waals surface area contributed by atoms with Crippen molar-refractivity contribution < 1.29 is 10.0 Å². The van der Waals surface area contributed by atoms with Crippen LogP contribution in [0.1, 0.15) is 0 Å². The van der Waals surface area contributed by atoms with Gasteiger partial charge in [-0.3, -0.25) is 15.1 Å². The lowest BCUT2D eigenvalue weighted by Crippen LogP contribution is -2.15. The van der Waals surface area contributed by atoms with Crippen LogP contribution in [0.2, 0.25) is 0 Å². The van der Waals surface area contributed by atoms with Crippen molar-refractivity contribution >= 4 is 23.1 Å². The molecule has 0 amide bonds. The number of anilines is 3. The number of hydrogen-bond donors (Lipinski definition) is 2. The van der Waals surface area contributed by atoms with Crippen LogP contribution in [0.4, 0.5) is 23.1 Å². The summed E-state index contributed by atoms with van der Waals surface area (Å²) in [5, 5.41) is 20.5. The van der Waals surface area contributed by atoms with Gasteiger partial charge in [0.15, 0.2) is 0 Å². The average Bonchev–Trinajstić information content (AvgIpc) is 2.37. The Hall–Kier alpha value is -2.97. The predicted molar refractivity (Wildman–Crippen MR) is 67.1 cm³/mol. The highest BCUT2D eigenvalue weighted by Gasteiger charge is 2.27. The van der Waals surface area contributed by atoms with E-state index in [0.29, 0.717) is 5.69 Å². The largest absolute Gasteiger partial charge is 0.488 e. The Morgan fingerprint density at radius 3 is 2.79 bits per heavy atom. The van der Waals surface area contributed by atoms with Gasteiger partial charge < -0.3 is 15.7 Å². The molecule has 0 saturated heterocycles. The Morgan fingerprint density at radius 2 is 2.21 bits per heavy atom. The lowest BCUT2D eigenvalue weighted by Gasteiger charge is -2.17. The number of nitro groups is 1. The zero-order chi connectivity index (χ0) is 14.0. The molecule has 2 aromatic heterocycles. The van der Waals surface area contributed by atoms with E-state index in [1.165, 1.54) is 11.1 Å². The van der Waals surface area contributed by atoms with E-state index in [1.807, 2.05) is 0 Å². The number of nitrogens with two attached hydrogens (primary N) is 1. The normalized spacial score (nSPS) is 10.2. The van der Waals surface area contributed by atoms with Crippen LogP contribution < -0.4 is 10.6 Å². The molecule has 0 saturated carbocycles. The molecule has 0 radical (unpaired) electrons. The molecule has 0 aliphatic carbocycles. The second kappa shape index (κ2) is 4.72. The standard InChI is InChI=1S/C10H10N6O3/c1-15(6-3-2-4-12-5-6)8-7(16(18)19)9(17)14-10(11)13-8/h2-5H,1H3,(H3,11,13,14,17). The van der Waals surface area contributed by atoms with E-state index >= 15 is 0 Å². The molecule has 19 heavy (non-hydrogen) atoms. The van der Waals surface area contributed by atoms with Gasteiger partial charge in [0.05, 0.1) is 16.8 Å². The maximum absolute atomic E-state index is 11.0. The average molecular weight is 262 g/mol. The van der Waals surface area contributed by atoms with E-state index in [1.54, 1.807) is 25.4 Å². The van der Waals surface area contributed by atoms with E-state index in [2.05, 4.69) is 15.0 Å². The molecule has 0 fully saturated rings.